The molecule has 0 amide bonds. The second kappa shape index (κ2) is 7.25. The Morgan fingerprint density at radius 2 is 2.16 bits per heavy atom. The summed E-state index contributed by atoms with van der Waals surface area (Å²) in [7, 11) is 1.60. The van der Waals surface area contributed by atoms with Crippen LogP contribution in [0, 0.1) is 0 Å². The SMILES string of the molecule is COCCCNC(=S)Nc1ccc(C(F)(F)F)nc1. The Balaban J connectivity index is 2.43. The molecule has 106 valence electrons. The summed E-state index contributed by atoms with van der Waals surface area (Å²) >= 11 is 4.98. The Bertz CT molecular complexity index is 409. The fraction of sp³-hybridized carbons (Fsp3) is 0.455. The summed E-state index contributed by atoms with van der Waals surface area (Å²) in [5, 5.41) is 5.98. The lowest BCUT2D eigenvalue weighted by Crippen LogP contribution is -2.29. The van der Waals surface area contributed by atoms with Gasteiger partial charge in [0.15, 0.2) is 5.11 Å². The van der Waals surface area contributed by atoms with E-state index in [1.165, 1.54) is 6.07 Å². The summed E-state index contributed by atoms with van der Waals surface area (Å²) in [6.07, 6.45) is -2.56. The Labute approximate surface area is 114 Å². The van der Waals surface area contributed by atoms with Crippen molar-refractivity contribution in [3.05, 3.63) is 24.0 Å². The van der Waals surface area contributed by atoms with Crippen LogP contribution in [0.3, 0.4) is 0 Å². The van der Waals surface area contributed by atoms with Crippen LogP contribution >= 0.6 is 12.2 Å². The van der Waals surface area contributed by atoms with Crippen LogP contribution < -0.4 is 10.6 Å². The maximum Gasteiger partial charge on any atom is 0.433 e. The molecule has 1 aromatic rings. The normalized spacial score (nSPS) is 11.2. The van der Waals surface area contributed by atoms with Crippen molar-refractivity contribution < 1.29 is 17.9 Å². The second-order valence-electron chi connectivity index (χ2n) is 3.66. The van der Waals surface area contributed by atoms with Crippen molar-refractivity contribution in [3.8, 4) is 0 Å². The van der Waals surface area contributed by atoms with Gasteiger partial charge < -0.3 is 15.4 Å². The summed E-state index contributed by atoms with van der Waals surface area (Å²) in [6, 6.07) is 2.18. The highest BCUT2D eigenvalue weighted by molar-refractivity contribution is 7.80. The molecule has 4 nitrogen and oxygen atoms in total. The van der Waals surface area contributed by atoms with Crippen molar-refractivity contribution in [1.29, 1.82) is 0 Å². The van der Waals surface area contributed by atoms with Gasteiger partial charge in [0.25, 0.3) is 0 Å². The van der Waals surface area contributed by atoms with Gasteiger partial charge in [0.1, 0.15) is 5.69 Å². The zero-order valence-electron chi connectivity index (χ0n) is 10.3. The lowest BCUT2D eigenvalue weighted by Gasteiger charge is -2.11. The van der Waals surface area contributed by atoms with Crippen LogP contribution in [0.15, 0.2) is 18.3 Å². The number of alkyl halides is 3. The van der Waals surface area contributed by atoms with E-state index < -0.39 is 11.9 Å². The number of pyridine rings is 1. The molecule has 0 saturated carbocycles. The van der Waals surface area contributed by atoms with E-state index in [0.29, 0.717) is 24.0 Å². The number of methoxy groups -OCH3 is 1. The minimum absolute atomic E-state index is 0.331. The molecule has 0 bridgehead atoms. The van der Waals surface area contributed by atoms with Crippen LogP contribution in [0.2, 0.25) is 0 Å². The number of hydrogen-bond donors (Lipinski definition) is 2. The van der Waals surface area contributed by atoms with Crippen LogP contribution in [0.1, 0.15) is 12.1 Å². The number of nitrogens with zero attached hydrogens (tertiary/aromatic N) is 1. The zero-order chi connectivity index (χ0) is 14.3. The number of nitrogens with one attached hydrogen (secondary N) is 2. The molecule has 8 heteroatoms. The van der Waals surface area contributed by atoms with E-state index in [1.54, 1.807) is 7.11 Å². The van der Waals surface area contributed by atoms with Crippen molar-refractivity contribution in [3.63, 3.8) is 0 Å². The summed E-state index contributed by atoms with van der Waals surface area (Å²) in [5.74, 6) is 0. The van der Waals surface area contributed by atoms with E-state index in [-0.39, 0.29) is 0 Å². The summed E-state index contributed by atoms with van der Waals surface area (Å²) in [6.45, 7) is 1.23. The lowest BCUT2D eigenvalue weighted by atomic mass is 10.3. The van der Waals surface area contributed by atoms with Crippen molar-refractivity contribution >= 4 is 23.0 Å². The molecule has 2 N–H and O–H groups in total. The van der Waals surface area contributed by atoms with Gasteiger partial charge in [-0.05, 0) is 30.8 Å². The molecule has 19 heavy (non-hydrogen) atoms. The van der Waals surface area contributed by atoms with Crippen LogP contribution in [-0.2, 0) is 10.9 Å². The van der Waals surface area contributed by atoms with E-state index in [1.807, 2.05) is 0 Å². The van der Waals surface area contributed by atoms with Crippen LogP contribution in [0.5, 0.6) is 0 Å². The maximum atomic E-state index is 12.3. The molecule has 0 atom stereocenters. The molecule has 0 spiro atoms. The minimum atomic E-state index is -4.43. The van der Waals surface area contributed by atoms with Gasteiger partial charge in [0, 0.05) is 20.3 Å². The predicted octanol–water partition coefficient (Wildman–Crippen LogP) is 2.42. The van der Waals surface area contributed by atoms with Gasteiger partial charge in [-0.15, -0.1) is 0 Å². The number of aromatic nitrogens is 1. The van der Waals surface area contributed by atoms with Crippen molar-refractivity contribution in [2.75, 3.05) is 25.6 Å². The van der Waals surface area contributed by atoms with Gasteiger partial charge in [0.05, 0.1) is 11.9 Å². The zero-order valence-corrected chi connectivity index (χ0v) is 11.1. The van der Waals surface area contributed by atoms with E-state index in [9.17, 15) is 13.2 Å². The molecular weight excluding hydrogens is 279 g/mol. The molecule has 0 unspecified atom stereocenters. The van der Waals surface area contributed by atoms with E-state index in [2.05, 4.69) is 15.6 Å². The highest BCUT2D eigenvalue weighted by Gasteiger charge is 2.31. The van der Waals surface area contributed by atoms with Crippen molar-refractivity contribution in [1.82, 2.24) is 10.3 Å². The molecule has 0 saturated heterocycles. The van der Waals surface area contributed by atoms with Crippen molar-refractivity contribution in [2.24, 2.45) is 0 Å². The molecule has 1 heterocycles. The largest absolute Gasteiger partial charge is 0.433 e. The third-order valence-electron chi connectivity index (χ3n) is 2.12. The third kappa shape index (κ3) is 5.84. The number of ether oxygens (including phenoxy) is 1. The van der Waals surface area contributed by atoms with E-state index in [0.717, 1.165) is 18.7 Å². The fourth-order valence-electron chi connectivity index (χ4n) is 1.23. The average molecular weight is 293 g/mol. The number of rotatable bonds is 5. The minimum Gasteiger partial charge on any atom is -0.385 e. The topological polar surface area (TPSA) is 46.2 Å². The van der Waals surface area contributed by atoms with Gasteiger partial charge in [-0.2, -0.15) is 13.2 Å². The standard InChI is InChI=1S/C11H14F3N3OS/c1-18-6-2-5-15-10(19)17-8-3-4-9(16-7-8)11(12,13)14/h3-4,7H,2,5-6H2,1H3,(H2,15,17,19). The summed E-state index contributed by atoms with van der Waals surface area (Å²) < 4.78 is 41.7. The highest BCUT2D eigenvalue weighted by Crippen LogP contribution is 2.27. The van der Waals surface area contributed by atoms with E-state index >= 15 is 0 Å². The van der Waals surface area contributed by atoms with Gasteiger partial charge in [0.2, 0.25) is 0 Å². The van der Waals surface area contributed by atoms with Gasteiger partial charge >= 0.3 is 6.18 Å². The Kier molecular flexibility index (Phi) is 5.97. The highest BCUT2D eigenvalue weighted by atomic mass is 32.1. The number of halogens is 3. The van der Waals surface area contributed by atoms with Crippen molar-refractivity contribution in [2.45, 2.75) is 12.6 Å². The van der Waals surface area contributed by atoms with Gasteiger partial charge in [-0.25, -0.2) is 4.98 Å². The molecule has 0 aliphatic rings. The number of hydrogen-bond acceptors (Lipinski definition) is 3. The molecular formula is C11H14F3N3OS. The van der Waals surface area contributed by atoms with Crippen LogP contribution in [0.4, 0.5) is 18.9 Å². The fourth-order valence-corrected chi connectivity index (χ4v) is 1.45. The Morgan fingerprint density at radius 3 is 2.68 bits per heavy atom. The van der Waals surface area contributed by atoms with E-state index in [4.69, 9.17) is 17.0 Å². The van der Waals surface area contributed by atoms with Crippen LogP contribution in [-0.4, -0.2) is 30.4 Å². The maximum absolute atomic E-state index is 12.3. The lowest BCUT2D eigenvalue weighted by molar-refractivity contribution is -0.141. The molecule has 0 fully saturated rings. The van der Waals surface area contributed by atoms with Gasteiger partial charge in [-0.3, -0.25) is 0 Å². The monoisotopic (exact) mass is 293 g/mol. The molecule has 1 rings (SSSR count). The summed E-state index contributed by atoms with van der Waals surface area (Å²) in [5.41, 5.74) is -0.533. The second-order valence-corrected chi connectivity index (χ2v) is 4.07. The number of thiocarbonyl (C=S) groups is 1. The Hall–Kier alpha value is -1.41. The molecule has 0 aromatic carbocycles. The predicted molar refractivity (Wildman–Crippen MR) is 70.0 cm³/mol. The first-order valence-corrected chi connectivity index (χ1v) is 5.91. The van der Waals surface area contributed by atoms with Crippen LogP contribution in [0.25, 0.3) is 0 Å². The third-order valence-corrected chi connectivity index (χ3v) is 2.37. The quantitative estimate of drug-likeness (QED) is 0.645. The molecule has 0 aliphatic carbocycles. The number of anilines is 1. The summed E-state index contributed by atoms with van der Waals surface area (Å²) in [4.78, 5) is 3.32. The average Bonchev–Trinajstić information content (AvgIpc) is 2.34. The first-order valence-electron chi connectivity index (χ1n) is 5.50. The molecule has 0 aliphatic heterocycles. The Morgan fingerprint density at radius 1 is 1.42 bits per heavy atom. The first-order chi connectivity index (χ1) is 8.93. The van der Waals surface area contributed by atoms with Gasteiger partial charge in [-0.1, -0.05) is 0 Å². The molecule has 0 radical (unpaired) electrons. The smallest absolute Gasteiger partial charge is 0.385 e. The molecule has 1 aromatic heterocycles. The first kappa shape index (κ1) is 15.6.